The van der Waals surface area contributed by atoms with Gasteiger partial charge < -0.3 is 0 Å². The molecule has 174 valence electrons. The highest BCUT2D eigenvalue weighted by Gasteiger charge is 2.04. The topological polar surface area (TPSA) is 24.7 Å². The molecule has 0 aliphatic carbocycles. The maximum atomic E-state index is 5.04. The first-order valence-electron chi connectivity index (χ1n) is 13.0. The van der Waals surface area contributed by atoms with E-state index in [1.807, 2.05) is 6.21 Å². The summed E-state index contributed by atoms with van der Waals surface area (Å²) in [5, 5.41) is 0. The number of benzene rings is 2. The predicted molar refractivity (Wildman–Crippen MR) is 144 cm³/mol. The van der Waals surface area contributed by atoms with Gasteiger partial charge in [0.05, 0.1) is 17.1 Å². The third-order valence-electron chi connectivity index (χ3n) is 6.33. The summed E-state index contributed by atoms with van der Waals surface area (Å²) in [7, 11) is 0. The van der Waals surface area contributed by atoms with E-state index in [0.717, 1.165) is 49.2 Å². The molecule has 2 rings (SSSR count). The lowest BCUT2D eigenvalue weighted by atomic mass is 10.0. The van der Waals surface area contributed by atoms with Crippen molar-refractivity contribution in [1.82, 2.24) is 0 Å². The first-order valence-corrected chi connectivity index (χ1v) is 13.0. The average molecular weight is 433 g/mol. The average Bonchev–Trinajstić information content (AvgIpc) is 2.83. The summed E-state index contributed by atoms with van der Waals surface area (Å²) in [6.45, 7) is 11.2. The second-order valence-corrected chi connectivity index (χ2v) is 8.70. The minimum atomic E-state index is 0.986. The Balaban J connectivity index is 2.22. The molecule has 0 spiro atoms. The van der Waals surface area contributed by atoms with Crippen molar-refractivity contribution in [2.24, 2.45) is 9.98 Å². The van der Waals surface area contributed by atoms with Crippen LogP contribution in [-0.4, -0.2) is 11.9 Å². The van der Waals surface area contributed by atoms with Crippen LogP contribution < -0.4 is 0 Å². The fraction of sp³-hybridized carbons (Fsp3) is 0.533. The molecule has 0 saturated carbocycles. The largest absolute Gasteiger partial charge is 0.255 e. The van der Waals surface area contributed by atoms with Crippen LogP contribution in [0.15, 0.2) is 46.4 Å². The molecule has 2 aromatic carbocycles. The second kappa shape index (κ2) is 14.8. The normalized spacial score (nSPS) is 12.1. The summed E-state index contributed by atoms with van der Waals surface area (Å²) in [5.74, 6) is 0. The van der Waals surface area contributed by atoms with Crippen LogP contribution in [0.5, 0.6) is 0 Å². The van der Waals surface area contributed by atoms with Crippen molar-refractivity contribution in [3.8, 4) is 0 Å². The van der Waals surface area contributed by atoms with Gasteiger partial charge in [-0.3, -0.25) is 9.98 Å². The molecule has 0 bridgehead atoms. The maximum absolute atomic E-state index is 5.04. The van der Waals surface area contributed by atoms with Gasteiger partial charge in [0.1, 0.15) is 0 Å². The van der Waals surface area contributed by atoms with E-state index in [4.69, 9.17) is 9.98 Å². The summed E-state index contributed by atoms with van der Waals surface area (Å²) < 4.78 is 0. The third kappa shape index (κ3) is 8.37. The van der Waals surface area contributed by atoms with Crippen LogP contribution in [0, 0.1) is 0 Å². The molecule has 0 fully saturated rings. The minimum absolute atomic E-state index is 0.986. The van der Waals surface area contributed by atoms with E-state index in [0.29, 0.717) is 0 Å². The number of hydrogen-bond acceptors (Lipinski definition) is 2. The zero-order chi connectivity index (χ0) is 23.2. The van der Waals surface area contributed by atoms with Gasteiger partial charge >= 0.3 is 0 Å². The molecular formula is C30H44N2. The lowest BCUT2D eigenvalue weighted by Crippen LogP contribution is -2.00. The van der Waals surface area contributed by atoms with Gasteiger partial charge in [-0.05, 0) is 85.0 Å². The minimum Gasteiger partial charge on any atom is -0.255 e. The lowest BCUT2D eigenvalue weighted by Gasteiger charge is -2.08. The molecule has 0 radical (unpaired) electrons. The summed E-state index contributed by atoms with van der Waals surface area (Å²) >= 11 is 0. The molecular weight excluding hydrogens is 388 g/mol. The Kier molecular flexibility index (Phi) is 12.0. The van der Waals surface area contributed by atoms with Crippen LogP contribution >= 0.6 is 0 Å². The van der Waals surface area contributed by atoms with Gasteiger partial charge in [0.25, 0.3) is 0 Å². The quantitative estimate of drug-likeness (QED) is 0.210. The van der Waals surface area contributed by atoms with Crippen molar-refractivity contribution in [2.75, 3.05) is 0 Å². The Hall–Kier alpha value is -2.22. The van der Waals surface area contributed by atoms with Crippen LogP contribution in [0.4, 0.5) is 11.4 Å². The number of unbranched alkanes of at least 4 members (excludes halogenated alkanes) is 5. The third-order valence-corrected chi connectivity index (χ3v) is 6.33. The van der Waals surface area contributed by atoms with E-state index < -0.39 is 0 Å². The van der Waals surface area contributed by atoms with Crippen LogP contribution in [0.1, 0.15) is 102 Å². The fourth-order valence-corrected chi connectivity index (χ4v) is 4.27. The van der Waals surface area contributed by atoms with Gasteiger partial charge in [0, 0.05) is 6.21 Å². The highest BCUT2D eigenvalue weighted by Crippen LogP contribution is 2.22. The molecule has 0 N–H and O–H groups in total. The molecule has 0 amide bonds. The summed E-state index contributed by atoms with van der Waals surface area (Å²) in [4.78, 5) is 9.87. The summed E-state index contributed by atoms with van der Waals surface area (Å²) in [6, 6.07) is 13.3. The summed E-state index contributed by atoms with van der Waals surface area (Å²) in [5.41, 5.74) is 8.85. The van der Waals surface area contributed by atoms with Gasteiger partial charge in [-0.2, -0.15) is 0 Å². The van der Waals surface area contributed by atoms with Crippen LogP contribution in [0.2, 0.25) is 0 Å². The predicted octanol–water partition coefficient (Wildman–Crippen LogP) is 9.16. The Bertz CT molecular complexity index is 876. The molecule has 0 atom stereocenters. The van der Waals surface area contributed by atoms with Gasteiger partial charge in [-0.1, -0.05) is 78.9 Å². The Morgan fingerprint density at radius 1 is 0.625 bits per heavy atom. The summed E-state index contributed by atoms with van der Waals surface area (Å²) in [6.07, 6.45) is 15.0. The standard InChI is InChI=1S/C30H44N2/c1-6-11-12-13-14-15-16-30(32-29-20-18-25(8-3)27(10-5)22-29)23-31-28-19-17-24(7-2)26(9-4)21-28/h17-23H,6-16H2,1-5H3/b31-23+,32-30+. The van der Waals surface area contributed by atoms with Gasteiger partial charge in [-0.25, -0.2) is 0 Å². The molecule has 0 aliphatic rings. The molecule has 2 aromatic rings. The van der Waals surface area contributed by atoms with E-state index in [1.165, 1.54) is 60.8 Å². The van der Waals surface area contributed by atoms with Crippen LogP contribution in [-0.2, 0) is 25.7 Å². The number of aliphatic imine (C=N–C) groups is 2. The zero-order valence-electron chi connectivity index (χ0n) is 21.2. The van der Waals surface area contributed by atoms with E-state index in [2.05, 4.69) is 71.0 Å². The number of nitrogens with zero attached hydrogens (tertiary/aromatic N) is 2. The van der Waals surface area contributed by atoms with Gasteiger partial charge in [0.2, 0.25) is 0 Å². The first-order chi connectivity index (χ1) is 15.6. The van der Waals surface area contributed by atoms with Gasteiger partial charge in [0.15, 0.2) is 0 Å². The molecule has 2 nitrogen and oxygen atoms in total. The van der Waals surface area contributed by atoms with Gasteiger partial charge in [-0.15, -0.1) is 0 Å². The monoisotopic (exact) mass is 432 g/mol. The van der Waals surface area contributed by atoms with Crippen molar-refractivity contribution in [2.45, 2.75) is 105 Å². The van der Waals surface area contributed by atoms with Crippen molar-refractivity contribution in [3.05, 3.63) is 58.7 Å². The smallest absolute Gasteiger partial charge is 0.0636 e. The molecule has 0 aromatic heterocycles. The van der Waals surface area contributed by atoms with Crippen molar-refractivity contribution in [1.29, 1.82) is 0 Å². The lowest BCUT2D eigenvalue weighted by molar-refractivity contribution is 0.616. The van der Waals surface area contributed by atoms with E-state index in [-0.39, 0.29) is 0 Å². The zero-order valence-corrected chi connectivity index (χ0v) is 21.2. The maximum Gasteiger partial charge on any atom is 0.0636 e. The first kappa shape index (κ1) is 26.0. The highest BCUT2D eigenvalue weighted by molar-refractivity contribution is 6.31. The molecule has 0 unspecified atom stereocenters. The molecule has 0 saturated heterocycles. The van der Waals surface area contributed by atoms with Crippen molar-refractivity contribution in [3.63, 3.8) is 0 Å². The van der Waals surface area contributed by atoms with Crippen LogP contribution in [0.3, 0.4) is 0 Å². The number of aryl methyl sites for hydroxylation is 4. The SMILES string of the molecule is CCCCCCCCC(/C=N/c1ccc(CC)c(CC)c1)=N\c1ccc(CC)c(CC)c1. The fourth-order valence-electron chi connectivity index (χ4n) is 4.27. The Labute approximate surface area is 197 Å². The highest BCUT2D eigenvalue weighted by atomic mass is 14.8. The number of hydrogen-bond donors (Lipinski definition) is 0. The Morgan fingerprint density at radius 2 is 1.16 bits per heavy atom. The Morgan fingerprint density at radius 3 is 1.75 bits per heavy atom. The molecule has 0 heterocycles. The van der Waals surface area contributed by atoms with E-state index in [1.54, 1.807) is 0 Å². The molecule has 2 heteroatoms. The van der Waals surface area contributed by atoms with Crippen molar-refractivity contribution < 1.29 is 0 Å². The molecule has 0 aliphatic heterocycles. The van der Waals surface area contributed by atoms with Crippen molar-refractivity contribution >= 4 is 23.3 Å². The van der Waals surface area contributed by atoms with E-state index in [9.17, 15) is 0 Å². The number of rotatable bonds is 14. The molecule has 32 heavy (non-hydrogen) atoms. The van der Waals surface area contributed by atoms with E-state index >= 15 is 0 Å². The second-order valence-electron chi connectivity index (χ2n) is 8.70. The van der Waals surface area contributed by atoms with Crippen LogP contribution in [0.25, 0.3) is 0 Å².